The van der Waals surface area contributed by atoms with Gasteiger partial charge in [-0.2, -0.15) is 13.2 Å². The Morgan fingerprint density at radius 1 is 1.20 bits per heavy atom. The average Bonchev–Trinajstić information content (AvgIpc) is 2.71. The normalized spacial score (nSPS) is 15.4. The van der Waals surface area contributed by atoms with Gasteiger partial charge in [-0.3, -0.25) is 4.79 Å². The van der Waals surface area contributed by atoms with Crippen molar-refractivity contribution in [3.63, 3.8) is 0 Å². The van der Waals surface area contributed by atoms with Gasteiger partial charge in [0.1, 0.15) is 13.2 Å². The predicted molar refractivity (Wildman–Crippen MR) is 105 cm³/mol. The van der Waals surface area contributed by atoms with Gasteiger partial charge < -0.3 is 19.9 Å². The molecule has 0 saturated heterocycles. The van der Waals surface area contributed by atoms with Crippen LogP contribution in [0.1, 0.15) is 36.1 Å². The van der Waals surface area contributed by atoms with Gasteiger partial charge in [-0.1, -0.05) is 30.7 Å². The molecule has 0 aromatic heterocycles. The van der Waals surface area contributed by atoms with Crippen molar-refractivity contribution in [2.24, 2.45) is 0 Å². The van der Waals surface area contributed by atoms with Gasteiger partial charge in [-0.05, 0) is 41.8 Å². The predicted octanol–water partition coefficient (Wildman–Crippen LogP) is 4.30. The molecule has 1 aliphatic rings. The van der Waals surface area contributed by atoms with E-state index in [-0.39, 0.29) is 17.9 Å². The molecule has 5 nitrogen and oxygen atoms in total. The Morgan fingerprint density at radius 2 is 1.87 bits per heavy atom. The van der Waals surface area contributed by atoms with Crippen LogP contribution in [0.5, 0.6) is 11.5 Å². The van der Waals surface area contributed by atoms with Crippen LogP contribution in [0.3, 0.4) is 0 Å². The summed E-state index contributed by atoms with van der Waals surface area (Å²) in [5.41, 5.74) is 0.101. The lowest BCUT2D eigenvalue weighted by atomic mass is 9.98. The Hall–Kier alpha value is -2.45. The van der Waals surface area contributed by atoms with Crippen LogP contribution in [-0.4, -0.2) is 30.3 Å². The molecule has 2 aromatic rings. The second kappa shape index (κ2) is 9.14. The summed E-state index contributed by atoms with van der Waals surface area (Å²) in [4.78, 5) is 12.5. The van der Waals surface area contributed by atoms with Gasteiger partial charge in [0.15, 0.2) is 11.5 Å². The second-order valence-corrected chi connectivity index (χ2v) is 7.33. The standard InChI is InChI=1S/C21H21ClF3NO4/c1-2-16(19(28)13-3-5-14(6-4-13)21(23,24)25)26-18(27)11-12-9-15(22)20-17(10-12)29-7-8-30-20/h3-6,9-10,16,19,28H,2,7-8,11H2,1H3,(H,26,27)/t16-,19-/m0/s1. The maximum Gasteiger partial charge on any atom is 0.416 e. The molecule has 162 valence electrons. The van der Waals surface area contributed by atoms with Crippen molar-refractivity contribution < 1.29 is 32.5 Å². The van der Waals surface area contributed by atoms with E-state index in [1.807, 2.05) is 0 Å². The number of carbonyl (C=O) groups excluding carboxylic acids is 1. The third-order valence-electron chi connectivity index (χ3n) is 4.77. The third-order valence-corrected chi connectivity index (χ3v) is 5.05. The smallest absolute Gasteiger partial charge is 0.416 e. The number of rotatable bonds is 6. The molecule has 3 rings (SSSR count). The topological polar surface area (TPSA) is 67.8 Å². The van der Waals surface area contributed by atoms with Crippen molar-refractivity contribution >= 4 is 17.5 Å². The van der Waals surface area contributed by atoms with Crippen LogP contribution in [0.25, 0.3) is 0 Å². The lowest BCUT2D eigenvalue weighted by Crippen LogP contribution is -2.39. The van der Waals surface area contributed by atoms with E-state index >= 15 is 0 Å². The number of hydrogen-bond donors (Lipinski definition) is 2. The van der Waals surface area contributed by atoms with Crippen molar-refractivity contribution in [2.75, 3.05) is 13.2 Å². The van der Waals surface area contributed by atoms with Crippen LogP contribution in [-0.2, 0) is 17.4 Å². The van der Waals surface area contributed by atoms with Gasteiger partial charge in [-0.25, -0.2) is 0 Å². The highest BCUT2D eigenvalue weighted by atomic mass is 35.5. The number of amides is 1. The molecule has 1 aliphatic heterocycles. The number of benzene rings is 2. The maximum absolute atomic E-state index is 12.7. The monoisotopic (exact) mass is 443 g/mol. The molecule has 30 heavy (non-hydrogen) atoms. The Morgan fingerprint density at radius 3 is 2.50 bits per heavy atom. The first-order valence-corrected chi connectivity index (χ1v) is 9.79. The number of aliphatic hydroxyl groups excluding tert-OH is 1. The summed E-state index contributed by atoms with van der Waals surface area (Å²) >= 11 is 6.18. The number of ether oxygens (including phenoxy) is 2. The van der Waals surface area contributed by atoms with E-state index in [0.29, 0.717) is 41.7 Å². The van der Waals surface area contributed by atoms with Gasteiger partial charge in [0.25, 0.3) is 0 Å². The molecule has 0 bridgehead atoms. The number of hydrogen-bond acceptors (Lipinski definition) is 4. The van der Waals surface area contributed by atoms with Gasteiger partial charge in [-0.15, -0.1) is 0 Å². The quantitative estimate of drug-likeness (QED) is 0.698. The first-order valence-electron chi connectivity index (χ1n) is 9.41. The number of carbonyl (C=O) groups is 1. The van der Waals surface area contributed by atoms with Gasteiger partial charge in [0.05, 0.1) is 29.2 Å². The lowest BCUT2D eigenvalue weighted by Gasteiger charge is -2.24. The highest BCUT2D eigenvalue weighted by Gasteiger charge is 2.31. The van der Waals surface area contributed by atoms with E-state index < -0.39 is 23.9 Å². The Kier molecular flexibility index (Phi) is 6.77. The number of alkyl halides is 3. The second-order valence-electron chi connectivity index (χ2n) is 6.93. The van der Waals surface area contributed by atoms with Crippen LogP contribution in [0.2, 0.25) is 5.02 Å². The zero-order valence-electron chi connectivity index (χ0n) is 16.1. The van der Waals surface area contributed by atoms with Gasteiger partial charge >= 0.3 is 6.18 Å². The molecule has 0 unspecified atom stereocenters. The lowest BCUT2D eigenvalue weighted by molar-refractivity contribution is -0.137. The van der Waals surface area contributed by atoms with Crippen LogP contribution < -0.4 is 14.8 Å². The minimum absolute atomic E-state index is 0.00735. The molecule has 0 aliphatic carbocycles. The molecule has 2 N–H and O–H groups in total. The maximum atomic E-state index is 12.7. The molecule has 1 amide bonds. The Labute approximate surface area is 176 Å². The van der Waals surface area contributed by atoms with Gasteiger partial charge in [0.2, 0.25) is 5.91 Å². The number of aliphatic hydroxyl groups is 1. The largest absolute Gasteiger partial charge is 0.486 e. The van der Waals surface area contributed by atoms with Crippen LogP contribution in [0.4, 0.5) is 13.2 Å². The highest BCUT2D eigenvalue weighted by Crippen LogP contribution is 2.38. The van der Waals surface area contributed by atoms with Crippen molar-refractivity contribution in [1.29, 1.82) is 0 Å². The minimum atomic E-state index is -4.45. The van der Waals surface area contributed by atoms with Crippen LogP contribution in [0.15, 0.2) is 36.4 Å². The van der Waals surface area contributed by atoms with Gasteiger partial charge in [0, 0.05) is 0 Å². The molecule has 1 heterocycles. The van der Waals surface area contributed by atoms with E-state index in [1.54, 1.807) is 19.1 Å². The number of nitrogens with one attached hydrogen (secondary N) is 1. The summed E-state index contributed by atoms with van der Waals surface area (Å²) in [6.45, 7) is 2.54. The number of fused-ring (bicyclic) bond motifs is 1. The molecule has 2 aromatic carbocycles. The molecule has 0 saturated carbocycles. The molecule has 0 spiro atoms. The van der Waals surface area contributed by atoms with Crippen molar-refractivity contribution in [3.8, 4) is 11.5 Å². The van der Waals surface area contributed by atoms with Crippen LogP contribution in [0, 0.1) is 0 Å². The van der Waals surface area contributed by atoms with E-state index in [9.17, 15) is 23.1 Å². The summed E-state index contributed by atoms with van der Waals surface area (Å²) in [6.07, 6.45) is -5.22. The summed E-state index contributed by atoms with van der Waals surface area (Å²) in [6, 6.07) is 6.86. The molecule has 2 atom stereocenters. The van der Waals surface area contributed by atoms with E-state index in [0.717, 1.165) is 12.1 Å². The first kappa shape index (κ1) is 22.2. The Bertz CT molecular complexity index is 902. The third kappa shape index (κ3) is 5.17. The van der Waals surface area contributed by atoms with E-state index in [4.69, 9.17) is 21.1 Å². The van der Waals surface area contributed by atoms with Crippen molar-refractivity contribution in [1.82, 2.24) is 5.32 Å². The fourth-order valence-electron chi connectivity index (χ4n) is 3.22. The molecular weight excluding hydrogens is 423 g/mol. The first-order chi connectivity index (χ1) is 14.2. The summed E-state index contributed by atoms with van der Waals surface area (Å²) < 4.78 is 49.1. The van der Waals surface area contributed by atoms with Crippen molar-refractivity contribution in [3.05, 3.63) is 58.1 Å². The summed E-state index contributed by atoms with van der Waals surface area (Å²) in [5, 5.41) is 13.6. The molecule has 9 heteroatoms. The average molecular weight is 444 g/mol. The molecule has 0 fully saturated rings. The number of halogens is 4. The van der Waals surface area contributed by atoms with Crippen molar-refractivity contribution in [2.45, 2.75) is 38.1 Å². The van der Waals surface area contributed by atoms with Crippen LogP contribution >= 0.6 is 11.6 Å². The summed E-state index contributed by atoms with van der Waals surface area (Å²) in [5.74, 6) is 0.546. The fourth-order valence-corrected chi connectivity index (χ4v) is 3.50. The van der Waals surface area contributed by atoms with E-state index in [2.05, 4.69) is 5.32 Å². The fraction of sp³-hybridized carbons (Fsp3) is 0.381. The zero-order chi connectivity index (χ0) is 21.9. The molecule has 0 radical (unpaired) electrons. The zero-order valence-corrected chi connectivity index (χ0v) is 16.9. The minimum Gasteiger partial charge on any atom is -0.486 e. The highest BCUT2D eigenvalue weighted by molar-refractivity contribution is 6.32. The Balaban J connectivity index is 1.66. The van der Waals surface area contributed by atoms with E-state index in [1.165, 1.54) is 12.1 Å². The summed E-state index contributed by atoms with van der Waals surface area (Å²) in [7, 11) is 0. The molecular formula is C21H21ClF3NO4. The SMILES string of the molecule is CC[C@H](NC(=O)Cc1cc(Cl)c2c(c1)OCCO2)[C@@H](O)c1ccc(C(F)(F)F)cc1.